The first-order chi connectivity index (χ1) is 13.6. The van der Waals surface area contributed by atoms with Gasteiger partial charge in [-0.25, -0.2) is 0 Å². The van der Waals surface area contributed by atoms with Crippen LogP contribution < -0.4 is 0 Å². The third kappa shape index (κ3) is 5.44. The Bertz CT molecular complexity index is 650. The molecule has 3 fully saturated rings. The SMILES string of the molecule is C=C1CCC(O)CC1=CC=C1CCC[C@]2(C)[C@@H](C(C)CCCC(C)(C)O)CC[C@@H]12. The molecule has 0 aromatic rings. The number of fused-ring (bicyclic) bond motifs is 1. The molecule has 5 atom stereocenters. The summed E-state index contributed by atoms with van der Waals surface area (Å²) in [6, 6.07) is 0. The molecule has 0 radical (unpaired) electrons. The maximum atomic E-state index is 10.0. The number of rotatable bonds is 6. The molecule has 29 heavy (non-hydrogen) atoms. The maximum absolute atomic E-state index is 10.0. The highest BCUT2D eigenvalue weighted by molar-refractivity contribution is 5.36. The van der Waals surface area contributed by atoms with Crippen LogP contribution in [0.2, 0.25) is 0 Å². The zero-order valence-electron chi connectivity index (χ0n) is 19.3. The molecule has 2 N–H and O–H groups in total. The van der Waals surface area contributed by atoms with E-state index in [1.165, 1.54) is 49.7 Å². The van der Waals surface area contributed by atoms with Crippen molar-refractivity contribution in [3.63, 3.8) is 0 Å². The Labute approximate surface area is 179 Å². The van der Waals surface area contributed by atoms with E-state index in [2.05, 4.69) is 32.6 Å². The Balaban J connectivity index is 1.68. The van der Waals surface area contributed by atoms with Crippen molar-refractivity contribution in [1.29, 1.82) is 0 Å². The summed E-state index contributed by atoms with van der Waals surface area (Å²) in [5.74, 6) is 2.26. The lowest BCUT2D eigenvalue weighted by molar-refractivity contribution is 0.0596. The van der Waals surface area contributed by atoms with Gasteiger partial charge >= 0.3 is 0 Å². The topological polar surface area (TPSA) is 40.5 Å². The van der Waals surface area contributed by atoms with Gasteiger partial charge in [-0.1, -0.05) is 56.6 Å². The van der Waals surface area contributed by atoms with E-state index >= 15 is 0 Å². The van der Waals surface area contributed by atoms with Crippen molar-refractivity contribution >= 4 is 0 Å². The fourth-order valence-electron chi connectivity index (χ4n) is 6.67. The van der Waals surface area contributed by atoms with Crippen LogP contribution in [0.1, 0.15) is 98.3 Å². The minimum absolute atomic E-state index is 0.192. The number of hydrogen-bond donors (Lipinski definition) is 2. The van der Waals surface area contributed by atoms with Gasteiger partial charge in [-0.05, 0) is 100 Å². The molecule has 0 amide bonds. The van der Waals surface area contributed by atoms with Crippen molar-refractivity contribution in [2.24, 2.45) is 23.2 Å². The Morgan fingerprint density at radius 3 is 2.69 bits per heavy atom. The summed E-state index contributed by atoms with van der Waals surface area (Å²) in [5, 5.41) is 20.1. The monoisotopic (exact) mass is 400 g/mol. The molecule has 0 aromatic heterocycles. The van der Waals surface area contributed by atoms with Gasteiger partial charge < -0.3 is 10.2 Å². The van der Waals surface area contributed by atoms with Crippen molar-refractivity contribution in [2.45, 2.75) is 110 Å². The lowest BCUT2D eigenvalue weighted by Gasteiger charge is -2.44. The van der Waals surface area contributed by atoms with Gasteiger partial charge in [-0.15, -0.1) is 0 Å². The Hall–Kier alpha value is -0.860. The quantitative estimate of drug-likeness (QED) is 0.518. The first-order valence-electron chi connectivity index (χ1n) is 12.1. The molecule has 2 nitrogen and oxygen atoms in total. The van der Waals surface area contributed by atoms with Crippen molar-refractivity contribution in [3.05, 3.63) is 35.5 Å². The van der Waals surface area contributed by atoms with Crippen molar-refractivity contribution in [2.75, 3.05) is 0 Å². The van der Waals surface area contributed by atoms with Gasteiger partial charge in [0, 0.05) is 0 Å². The maximum Gasteiger partial charge on any atom is 0.0591 e. The molecule has 2 unspecified atom stereocenters. The smallest absolute Gasteiger partial charge is 0.0591 e. The van der Waals surface area contributed by atoms with Gasteiger partial charge in [0.25, 0.3) is 0 Å². The van der Waals surface area contributed by atoms with Gasteiger partial charge in [0.15, 0.2) is 0 Å². The number of aliphatic hydroxyl groups excluding tert-OH is 1. The highest BCUT2D eigenvalue weighted by Crippen LogP contribution is 2.60. The number of allylic oxidation sites excluding steroid dienone is 4. The fraction of sp³-hybridized carbons (Fsp3) is 0.778. The lowest BCUT2D eigenvalue weighted by atomic mass is 9.60. The summed E-state index contributed by atoms with van der Waals surface area (Å²) in [6.07, 6.45) is 16.9. The summed E-state index contributed by atoms with van der Waals surface area (Å²) in [4.78, 5) is 0. The summed E-state index contributed by atoms with van der Waals surface area (Å²) in [6.45, 7) is 13.1. The standard InChI is InChI=1S/C27H44O2/c1-19-10-13-23(28)18-22(19)12-11-21-9-7-17-27(5)24(14-15-25(21)27)20(2)8-6-16-26(3,4)29/h11-12,20,23-25,28-29H,1,6-10,13-18H2,2-5H3/t20?,23?,24-,25+,27-/m1/s1. The molecule has 2 heteroatoms. The van der Waals surface area contributed by atoms with E-state index in [4.69, 9.17) is 0 Å². The van der Waals surface area contributed by atoms with E-state index in [0.29, 0.717) is 5.41 Å². The van der Waals surface area contributed by atoms with Crippen LogP contribution >= 0.6 is 0 Å². The van der Waals surface area contributed by atoms with Crippen LogP contribution in [0.15, 0.2) is 35.5 Å². The molecule has 0 saturated heterocycles. The summed E-state index contributed by atoms with van der Waals surface area (Å²) >= 11 is 0. The lowest BCUT2D eigenvalue weighted by Crippen LogP contribution is -2.36. The van der Waals surface area contributed by atoms with Gasteiger partial charge in [-0.3, -0.25) is 0 Å². The van der Waals surface area contributed by atoms with Crippen LogP contribution in [0.3, 0.4) is 0 Å². The van der Waals surface area contributed by atoms with Gasteiger partial charge in [-0.2, -0.15) is 0 Å². The minimum Gasteiger partial charge on any atom is -0.393 e. The van der Waals surface area contributed by atoms with Crippen LogP contribution in [0.4, 0.5) is 0 Å². The van der Waals surface area contributed by atoms with Gasteiger partial charge in [0.1, 0.15) is 0 Å². The molecule has 0 spiro atoms. The van der Waals surface area contributed by atoms with E-state index in [1.54, 1.807) is 5.57 Å². The first kappa shape index (κ1) is 22.8. The highest BCUT2D eigenvalue weighted by Gasteiger charge is 2.50. The van der Waals surface area contributed by atoms with Gasteiger partial charge in [0.05, 0.1) is 11.7 Å². The Morgan fingerprint density at radius 2 is 1.97 bits per heavy atom. The van der Waals surface area contributed by atoms with Crippen LogP contribution in [0, 0.1) is 23.2 Å². The van der Waals surface area contributed by atoms with Crippen LogP contribution in [-0.4, -0.2) is 21.9 Å². The summed E-state index contributed by atoms with van der Waals surface area (Å²) in [5.41, 5.74) is 4.02. The van der Waals surface area contributed by atoms with Crippen LogP contribution in [0.5, 0.6) is 0 Å². The van der Waals surface area contributed by atoms with Crippen molar-refractivity contribution in [1.82, 2.24) is 0 Å². The third-order valence-corrected chi connectivity index (χ3v) is 8.36. The second kappa shape index (κ2) is 9.10. The summed E-state index contributed by atoms with van der Waals surface area (Å²) < 4.78 is 0. The molecule has 0 aromatic carbocycles. The molecule has 3 rings (SSSR count). The van der Waals surface area contributed by atoms with E-state index in [9.17, 15) is 10.2 Å². The average molecular weight is 401 g/mol. The first-order valence-corrected chi connectivity index (χ1v) is 12.1. The molecule has 0 aliphatic heterocycles. The Kier molecular flexibility index (Phi) is 7.16. The molecule has 3 aliphatic rings. The molecule has 3 aliphatic carbocycles. The molecular weight excluding hydrogens is 356 g/mol. The van der Waals surface area contributed by atoms with Crippen LogP contribution in [0.25, 0.3) is 0 Å². The van der Waals surface area contributed by atoms with Crippen molar-refractivity contribution < 1.29 is 10.2 Å². The molecular formula is C27H44O2. The molecule has 0 heterocycles. The van der Waals surface area contributed by atoms with E-state index < -0.39 is 5.60 Å². The fourth-order valence-corrected chi connectivity index (χ4v) is 6.67. The number of hydrogen-bond acceptors (Lipinski definition) is 2. The molecule has 0 bridgehead atoms. The summed E-state index contributed by atoms with van der Waals surface area (Å²) in [7, 11) is 0. The third-order valence-electron chi connectivity index (χ3n) is 8.36. The van der Waals surface area contributed by atoms with E-state index in [0.717, 1.165) is 49.9 Å². The van der Waals surface area contributed by atoms with Gasteiger partial charge in [0.2, 0.25) is 0 Å². The second-order valence-electron chi connectivity index (χ2n) is 11.2. The Morgan fingerprint density at radius 1 is 1.21 bits per heavy atom. The minimum atomic E-state index is -0.535. The zero-order valence-corrected chi connectivity index (χ0v) is 19.3. The van der Waals surface area contributed by atoms with E-state index in [1.807, 2.05) is 13.8 Å². The molecule has 3 saturated carbocycles. The predicted octanol–water partition coefficient (Wildman–Crippen LogP) is 6.73. The predicted molar refractivity (Wildman–Crippen MR) is 123 cm³/mol. The number of aliphatic hydroxyl groups is 2. The van der Waals surface area contributed by atoms with Crippen molar-refractivity contribution in [3.8, 4) is 0 Å². The highest BCUT2D eigenvalue weighted by atomic mass is 16.3. The van der Waals surface area contributed by atoms with E-state index in [-0.39, 0.29) is 6.10 Å². The molecule has 164 valence electrons. The zero-order chi connectivity index (χ0) is 21.2. The second-order valence-corrected chi connectivity index (χ2v) is 11.2. The normalized spacial score (nSPS) is 37.2. The average Bonchev–Trinajstić information content (AvgIpc) is 2.99. The largest absolute Gasteiger partial charge is 0.393 e. The van der Waals surface area contributed by atoms with Crippen LogP contribution in [-0.2, 0) is 0 Å².